The molecule has 164 valence electrons. The van der Waals surface area contributed by atoms with Crippen molar-refractivity contribution in [2.24, 2.45) is 0 Å². The third-order valence-corrected chi connectivity index (χ3v) is 5.53. The zero-order chi connectivity index (χ0) is 23.2. The van der Waals surface area contributed by atoms with Crippen LogP contribution in [0, 0.1) is 12.7 Å². The van der Waals surface area contributed by atoms with Crippen molar-refractivity contribution in [1.29, 1.82) is 0 Å². The summed E-state index contributed by atoms with van der Waals surface area (Å²) in [6, 6.07) is 5.64. The van der Waals surface area contributed by atoms with Gasteiger partial charge in [-0.2, -0.15) is 8.78 Å². The van der Waals surface area contributed by atoms with E-state index in [1.165, 1.54) is 25.3 Å². The summed E-state index contributed by atoms with van der Waals surface area (Å²) in [6.07, 6.45) is 1.28. The highest BCUT2D eigenvalue weighted by molar-refractivity contribution is 7.17. The van der Waals surface area contributed by atoms with Crippen LogP contribution in [0.5, 0.6) is 0 Å². The molecule has 0 fully saturated rings. The van der Waals surface area contributed by atoms with E-state index in [0.717, 1.165) is 29.5 Å². The standard InChI is InChI=1S/C20H14F3N5O3S/c1-8-4-12(21)10(6-14(8)27-17(30)15-7-25-19(24)32-15)16(29)26-9-2-3-13-11(5-9)20(22,23)18(31)28-13/h2-7H,1H3,(H2,24,25)(H,26,29)(H,27,30)(H,28,31). The summed E-state index contributed by atoms with van der Waals surface area (Å²) in [4.78, 5) is 40.3. The fourth-order valence-corrected chi connectivity index (χ4v) is 3.65. The first-order valence-corrected chi connectivity index (χ1v) is 9.86. The second-order valence-corrected chi connectivity index (χ2v) is 7.97. The molecule has 3 aromatic rings. The number of nitrogens with two attached hydrogens (primary N) is 1. The molecule has 32 heavy (non-hydrogen) atoms. The van der Waals surface area contributed by atoms with Crippen molar-refractivity contribution < 1.29 is 27.6 Å². The number of benzene rings is 2. The molecule has 1 aliphatic rings. The van der Waals surface area contributed by atoms with E-state index in [2.05, 4.69) is 15.6 Å². The Morgan fingerprint density at radius 2 is 1.91 bits per heavy atom. The molecule has 1 aliphatic heterocycles. The van der Waals surface area contributed by atoms with Gasteiger partial charge in [0.05, 0.1) is 23.0 Å². The molecule has 0 spiro atoms. The minimum absolute atomic E-state index is 0.0596. The molecule has 0 bridgehead atoms. The van der Waals surface area contributed by atoms with Crippen molar-refractivity contribution in [1.82, 2.24) is 4.98 Å². The maximum Gasteiger partial charge on any atom is 0.352 e. The minimum Gasteiger partial charge on any atom is -0.375 e. The summed E-state index contributed by atoms with van der Waals surface area (Å²) in [7, 11) is 0. The van der Waals surface area contributed by atoms with E-state index >= 15 is 0 Å². The van der Waals surface area contributed by atoms with Crippen molar-refractivity contribution in [3.05, 3.63) is 63.9 Å². The molecule has 2 heterocycles. The Hall–Kier alpha value is -3.93. The monoisotopic (exact) mass is 461 g/mol. The number of anilines is 4. The van der Waals surface area contributed by atoms with E-state index in [1.807, 2.05) is 5.32 Å². The van der Waals surface area contributed by atoms with Crippen LogP contribution < -0.4 is 21.7 Å². The van der Waals surface area contributed by atoms with Crippen LogP contribution in [-0.4, -0.2) is 22.7 Å². The maximum absolute atomic E-state index is 14.5. The molecule has 3 amide bonds. The van der Waals surface area contributed by atoms with Gasteiger partial charge >= 0.3 is 5.92 Å². The lowest BCUT2D eigenvalue weighted by atomic mass is 10.1. The highest BCUT2D eigenvalue weighted by atomic mass is 32.1. The van der Waals surface area contributed by atoms with Crippen LogP contribution in [0.25, 0.3) is 0 Å². The number of thiazole rings is 1. The Balaban J connectivity index is 1.58. The van der Waals surface area contributed by atoms with Crippen LogP contribution in [0.15, 0.2) is 36.5 Å². The molecule has 0 saturated heterocycles. The van der Waals surface area contributed by atoms with Crippen LogP contribution >= 0.6 is 11.3 Å². The first-order chi connectivity index (χ1) is 15.1. The normalized spacial score (nSPS) is 13.9. The Morgan fingerprint density at radius 1 is 1.16 bits per heavy atom. The Bertz CT molecular complexity index is 1290. The van der Waals surface area contributed by atoms with Crippen LogP contribution in [0.3, 0.4) is 0 Å². The van der Waals surface area contributed by atoms with Gasteiger partial charge in [0.15, 0.2) is 5.13 Å². The topological polar surface area (TPSA) is 126 Å². The third kappa shape index (κ3) is 3.75. The summed E-state index contributed by atoms with van der Waals surface area (Å²) in [5.74, 6) is -7.56. The van der Waals surface area contributed by atoms with E-state index in [9.17, 15) is 27.6 Å². The van der Waals surface area contributed by atoms with Gasteiger partial charge in [-0.25, -0.2) is 9.37 Å². The number of nitrogen functional groups attached to an aromatic ring is 1. The quantitative estimate of drug-likeness (QED) is 0.471. The number of rotatable bonds is 4. The maximum atomic E-state index is 14.5. The number of hydrogen-bond donors (Lipinski definition) is 4. The molecule has 12 heteroatoms. The van der Waals surface area contributed by atoms with Gasteiger partial charge in [0.1, 0.15) is 10.7 Å². The number of amides is 3. The Morgan fingerprint density at radius 3 is 2.59 bits per heavy atom. The molecule has 0 unspecified atom stereocenters. The molecule has 0 radical (unpaired) electrons. The highest BCUT2D eigenvalue weighted by Gasteiger charge is 2.48. The number of nitrogens with one attached hydrogen (secondary N) is 3. The third-order valence-electron chi connectivity index (χ3n) is 4.70. The molecular weight excluding hydrogens is 447 g/mol. The molecule has 8 nitrogen and oxygen atoms in total. The zero-order valence-corrected chi connectivity index (χ0v) is 17.1. The predicted molar refractivity (Wildman–Crippen MR) is 113 cm³/mol. The zero-order valence-electron chi connectivity index (χ0n) is 16.3. The number of aryl methyl sites for hydroxylation is 1. The minimum atomic E-state index is -3.75. The van der Waals surface area contributed by atoms with Crippen LogP contribution in [0.4, 0.5) is 35.4 Å². The highest BCUT2D eigenvalue weighted by Crippen LogP contribution is 2.41. The number of alkyl halides is 2. The number of aromatic nitrogens is 1. The van der Waals surface area contributed by atoms with Crippen molar-refractivity contribution in [2.45, 2.75) is 12.8 Å². The molecular formula is C20H14F3N5O3S. The summed E-state index contributed by atoms with van der Waals surface area (Å²) < 4.78 is 42.4. The Labute approximate surface area is 182 Å². The van der Waals surface area contributed by atoms with Crippen LogP contribution in [0.1, 0.15) is 31.2 Å². The molecule has 0 aliphatic carbocycles. The number of hydrogen-bond acceptors (Lipinski definition) is 6. The molecule has 0 saturated carbocycles. The van der Waals surface area contributed by atoms with Crippen molar-refractivity contribution >= 4 is 51.3 Å². The van der Waals surface area contributed by atoms with Gasteiger partial charge in [0.2, 0.25) is 0 Å². The predicted octanol–water partition coefficient (Wildman–Crippen LogP) is 3.72. The van der Waals surface area contributed by atoms with Gasteiger partial charge in [-0.05, 0) is 42.8 Å². The van der Waals surface area contributed by atoms with E-state index in [1.54, 1.807) is 0 Å². The number of nitrogens with zero attached hydrogens (tertiary/aromatic N) is 1. The Kier molecular flexibility index (Phi) is 5.09. The lowest BCUT2D eigenvalue weighted by Gasteiger charge is -2.13. The molecule has 5 N–H and O–H groups in total. The molecule has 2 aromatic carbocycles. The molecule has 1 aromatic heterocycles. The van der Waals surface area contributed by atoms with Gasteiger partial charge in [0, 0.05) is 11.4 Å². The van der Waals surface area contributed by atoms with Gasteiger partial charge in [-0.1, -0.05) is 11.3 Å². The van der Waals surface area contributed by atoms with Gasteiger partial charge in [-0.3, -0.25) is 14.4 Å². The van der Waals surface area contributed by atoms with Crippen LogP contribution in [-0.2, 0) is 10.7 Å². The number of halogens is 3. The van der Waals surface area contributed by atoms with E-state index in [-0.39, 0.29) is 27.1 Å². The second kappa shape index (κ2) is 7.64. The van der Waals surface area contributed by atoms with Gasteiger partial charge in [0.25, 0.3) is 17.7 Å². The summed E-state index contributed by atoms with van der Waals surface area (Å²) in [5.41, 5.74) is 4.88. The van der Waals surface area contributed by atoms with Crippen molar-refractivity contribution in [3.63, 3.8) is 0 Å². The largest absolute Gasteiger partial charge is 0.375 e. The van der Waals surface area contributed by atoms with E-state index < -0.39 is 40.6 Å². The first kappa shape index (κ1) is 21.3. The summed E-state index contributed by atoms with van der Waals surface area (Å²) >= 11 is 0.957. The van der Waals surface area contributed by atoms with Crippen molar-refractivity contribution in [2.75, 3.05) is 21.7 Å². The first-order valence-electron chi connectivity index (χ1n) is 9.04. The molecule has 4 rings (SSSR count). The van der Waals surface area contributed by atoms with Crippen LogP contribution in [0.2, 0.25) is 0 Å². The summed E-state index contributed by atoms with van der Waals surface area (Å²) in [6.45, 7) is 1.54. The SMILES string of the molecule is Cc1cc(F)c(C(=O)Nc2ccc3c(c2)C(F)(F)C(=O)N3)cc1NC(=O)c1cnc(N)s1. The lowest BCUT2D eigenvalue weighted by molar-refractivity contribution is -0.139. The average Bonchev–Trinajstić information content (AvgIpc) is 3.25. The van der Waals surface area contributed by atoms with E-state index in [4.69, 9.17) is 5.73 Å². The van der Waals surface area contributed by atoms with E-state index in [0.29, 0.717) is 5.56 Å². The fraction of sp³-hybridized carbons (Fsp3) is 0.100. The number of carbonyl (C=O) groups excluding carboxylic acids is 3. The fourth-order valence-electron chi connectivity index (χ4n) is 3.07. The van der Waals surface area contributed by atoms with Crippen molar-refractivity contribution in [3.8, 4) is 0 Å². The smallest absolute Gasteiger partial charge is 0.352 e. The molecule has 0 atom stereocenters. The summed E-state index contributed by atoms with van der Waals surface area (Å²) in [5, 5.41) is 7.13. The second-order valence-electron chi connectivity index (χ2n) is 6.91. The average molecular weight is 461 g/mol. The van der Waals surface area contributed by atoms with Gasteiger partial charge < -0.3 is 21.7 Å². The van der Waals surface area contributed by atoms with Gasteiger partial charge in [-0.15, -0.1) is 0 Å². The number of carbonyl (C=O) groups is 3. The lowest BCUT2D eigenvalue weighted by Crippen LogP contribution is -2.24. The number of fused-ring (bicyclic) bond motifs is 1.